The van der Waals surface area contributed by atoms with E-state index in [1.165, 1.54) is 7.11 Å². The molecule has 1 aliphatic heterocycles. The zero-order valence-corrected chi connectivity index (χ0v) is 9.36. The molecule has 2 rings (SSSR count). The summed E-state index contributed by atoms with van der Waals surface area (Å²) in [6.07, 6.45) is 0.659. The first-order valence-corrected chi connectivity index (χ1v) is 5.12. The lowest BCUT2D eigenvalue weighted by molar-refractivity contribution is -0.146. The van der Waals surface area contributed by atoms with Crippen LogP contribution in [0, 0.1) is 5.92 Å². The monoisotopic (exact) mass is 222 g/mol. The van der Waals surface area contributed by atoms with Gasteiger partial charge in [0.05, 0.1) is 20.1 Å². The van der Waals surface area contributed by atoms with E-state index < -0.39 is 0 Å². The molecule has 0 aliphatic carbocycles. The van der Waals surface area contributed by atoms with E-state index in [1.807, 2.05) is 18.2 Å². The van der Waals surface area contributed by atoms with E-state index in [2.05, 4.69) is 0 Å². The van der Waals surface area contributed by atoms with Crippen molar-refractivity contribution in [3.63, 3.8) is 0 Å². The Kier molecular flexibility index (Phi) is 2.99. The first-order chi connectivity index (χ1) is 7.74. The fourth-order valence-electron chi connectivity index (χ4n) is 1.80. The standard InChI is InChI=1S/C12H14O4/c1-14-10-4-3-8-5-9(12(13)15-2)7-16-11(8)6-10/h3-4,6,9H,5,7H2,1-2H3/t9-/m0/s1. The van der Waals surface area contributed by atoms with Crippen LogP contribution < -0.4 is 9.47 Å². The number of benzene rings is 1. The number of methoxy groups -OCH3 is 2. The predicted octanol–water partition coefficient (Wildman–Crippen LogP) is 1.42. The van der Waals surface area contributed by atoms with Crippen LogP contribution >= 0.6 is 0 Å². The van der Waals surface area contributed by atoms with Crippen molar-refractivity contribution < 1.29 is 19.0 Å². The molecule has 0 N–H and O–H groups in total. The lowest BCUT2D eigenvalue weighted by Gasteiger charge is -2.23. The third-order valence-corrected chi connectivity index (χ3v) is 2.72. The minimum atomic E-state index is -0.221. The maximum atomic E-state index is 11.4. The van der Waals surface area contributed by atoms with Crippen LogP contribution in [0.5, 0.6) is 11.5 Å². The van der Waals surface area contributed by atoms with Crippen molar-refractivity contribution in [1.29, 1.82) is 0 Å². The Bertz CT molecular complexity index is 400. The molecular formula is C12H14O4. The second-order valence-electron chi connectivity index (χ2n) is 3.71. The minimum absolute atomic E-state index is 0.203. The molecule has 0 fully saturated rings. The summed E-state index contributed by atoms with van der Waals surface area (Å²) in [5.74, 6) is 1.13. The van der Waals surface area contributed by atoms with E-state index in [0.717, 1.165) is 17.1 Å². The molecule has 4 heteroatoms. The van der Waals surface area contributed by atoms with Gasteiger partial charge in [0.2, 0.25) is 0 Å². The van der Waals surface area contributed by atoms with Crippen LogP contribution in [-0.4, -0.2) is 26.8 Å². The average molecular weight is 222 g/mol. The number of carbonyl (C=O) groups is 1. The van der Waals surface area contributed by atoms with Crippen molar-refractivity contribution in [2.45, 2.75) is 6.42 Å². The number of fused-ring (bicyclic) bond motifs is 1. The van der Waals surface area contributed by atoms with Gasteiger partial charge in [0.15, 0.2) is 0 Å². The quantitative estimate of drug-likeness (QED) is 0.710. The molecule has 0 amide bonds. The zero-order valence-electron chi connectivity index (χ0n) is 9.36. The Morgan fingerprint density at radius 1 is 1.44 bits per heavy atom. The van der Waals surface area contributed by atoms with Crippen molar-refractivity contribution >= 4 is 5.97 Å². The van der Waals surface area contributed by atoms with E-state index >= 15 is 0 Å². The number of hydrogen-bond donors (Lipinski definition) is 0. The smallest absolute Gasteiger partial charge is 0.312 e. The summed E-state index contributed by atoms with van der Waals surface area (Å²) in [6, 6.07) is 5.62. The number of hydrogen-bond acceptors (Lipinski definition) is 4. The molecule has 0 saturated carbocycles. The molecule has 1 aromatic rings. The lowest BCUT2D eigenvalue weighted by atomic mass is 9.97. The molecule has 1 aromatic carbocycles. The summed E-state index contributed by atoms with van der Waals surface area (Å²) >= 11 is 0. The molecule has 16 heavy (non-hydrogen) atoms. The van der Waals surface area contributed by atoms with Crippen molar-refractivity contribution in [2.75, 3.05) is 20.8 Å². The SMILES string of the molecule is COC(=O)[C@@H]1COc2cc(OC)ccc2C1. The van der Waals surface area contributed by atoms with E-state index in [-0.39, 0.29) is 11.9 Å². The van der Waals surface area contributed by atoms with E-state index in [1.54, 1.807) is 7.11 Å². The molecule has 1 atom stereocenters. The maximum Gasteiger partial charge on any atom is 0.312 e. The molecule has 0 bridgehead atoms. The minimum Gasteiger partial charge on any atom is -0.497 e. The van der Waals surface area contributed by atoms with Gasteiger partial charge in [-0.3, -0.25) is 4.79 Å². The normalized spacial score (nSPS) is 18.2. The molecule has 0 spiro atoms. The Balaban J connectivity index is 2.18. The molecule has 1 aliphatic rings. The van der Waals surface area contributed by atoms with E-state index in [9.17, 15) is 4.79 Å². The van der Waals surface area contributed by atoms with Crippen LogP contribution in [0.2, 0.25) is 0 Å². The topological polar surface area (TPSA) is 44.8 Å². The summed E-state index contributed by atoms with van der Waals surface area (Å²) in [6.45, 7) is 0.368. The molecule has 4 nitrogen and oxygen atoms in total. The van der Waals surface area contributed by atoms with Gasteiger partial charge in [0.1, 0.15) is 18.1 Å². The van der Waals surface area contributed by atoms with E-state index in [0.29, 0.717) is 13.0 Å². The molecule has 0 unspecified atom stereocenters. The predicted molar refractivity (Wildman–Crippen MR) is 57.7 cm³/mol. The third-order valence-electron chi connectivity index (χ3n) is 2.72. The number of ether oxygens (including phenoxy) is 3. The largest absolute Gasteiger partial charge is 0.497 e. The van der Waals surface area contributed by atoms with Gasteiger partial charge in [0, 0.05) is 6.07 Å². The van der Waals surface area contributed by atoms with Gasteiger partial charge in [-0.25, -0.2) is 0 Å². The fraction of sp³-hybridized carbons (Fsp3) is 0.417. The number of esters is 1. The van der Waals surface area contributed by atoms with Crippen molar-refractivity contribution in [1.82, 2.24) is 0 Å². The zero-order chi connectivity index (χ0) is 11.5. The van der Waals surface area contributed by atoms with Crippen LogP contribution in [0.15, 0.2) is 18.2 Å². The first kappa shape index (κ1) is 10.8. The van der Waals surface area contributed by atoms with Gasteiger partial charge in [-0.15, -0.1) is 0 Å². The highest BCUT2D eigenvalue weighted by Crippen LogP contribution is 2.31. The molecule has 0 saturated heterocycles. The van der Waals surface area contributed by atoms with Crippen molar-refractivity contribution in [3.8, 4) is 11.5 Å². The van der Waals surface area contributed by atoms with Gasteiger partial charge in [0.25, 0.3) is 0 Å². The Morgan fingerprint density at radius 2 is 2.25 bits per heavy atom. The Morgan fingerprint density at radius 3 is 2.94 bits per heavy atom. The summed E-state index contributed by atoms with van der Waals surface area (Å²) in [4.78, 5) is 11.4. The van der Waals surface area contributed by atoms with Gasteiger partial charge >= 0.3 is 5.97 Å². The van der Waals surface area contributed by atoms with Crippen molar-refractivity contribution in [3.05, 3.63) is 23.8 Å². The van der Waals surface area contributed by atoms with Gasteiger partial charge in [-0.1, -0.05) is 6.07 Å². The lowest BCUT2D eigenvalue weighted by Crippen LogP contribution is -2.29. The van der Waals surface area contributed by atoms with Crippen LogP contribution in [0.25, 0.3) is 0 Å². The molecule has 0 radical (unpaired) electrons. The molecular weight excluding hydrogens is 208 g/mol. The second kappa shape index (κ2) is 4.43. The fourth-order valence-corrected chi connectivity index (χ4v) is 1.80. The summed E-state index contributed by atoms with van der Waals surface area (Å²) in [5.41, 5.74) is 1.02. The Hall–Kier alpha value is -1.71. The van der Waals surface area contributed by atoms with E-state index in [4.69, 9.17) is 14.2 Å². The number of carbonyl (C=O) groups excluding carboxylic acids is 1. The highest BCUT2D eigenvalue weighted by Gasteiger charge is 2.26. The van der Waals surface area contributed by atoms with Gasteiger partial charge < -0.3 is 14.2 Å². The van der Waals surface area contributed by atoms with Gasteiger partial charge in [-0.2, -0.15) is 0 Å². The summed E-state index contributed by atoms with van der Waals surface area (Å²) in [5, 5.41) is 0. The average Bonchev–Trinajstić information content (AvgIpc) is 2.36. The molecule has 1 heterocycles. The molecule has 0 aromatic heterocycles. The van der Waals surface area contributed by atoms with Crippen LogP contribution in [0.3, 0.4) is 0 Å². The van der Waals surface area contributed by atoms with Crippen LogP contribution in [0.4, 0.5) is 0 Å². The maximum absolute atomic E-state index is 11.4. The van der Waals surface area contributed by atoms with Crippen LogP contribution in [0.1, 0.15) is 5.56 Å². The van der Waals surface area contributed by atoms with Crippen molar-refractivity contribution in [2.24, 2.45) is 5.92 Å². The highest BCUT2D eigenvalue weighted by molar-refractivity contribution is 5.73. The van der Waals surface area contributed by atoms with Crippen LogP contribution in [-0.2, 0) is 16.0 Å². The highest BCUT2D eigenvalue weighted by atomic mass is 16.5. The number of rotatable bonds is 2. The summed E-state index contributed by atoms with van der Waals surface area (Å²) < 4.78 is 15.3. The molecule has 86 valence electrons. The first-order valence-electron chi connectivity index (χ1n) is 5.12. The third kappa shape index (κ3) is 1.96. The second-order valence-corrected chi connectivity index (χ2v) is 3.71. The van der Waals surface area contributed by atoms with Gasteiger partial charge in [-0.05, 0) is 18.1 Å². The summed E-state index contributed by atoms with van der Waals surface area (Å²) in [7, 11) is 3.01. The Labute approximate surface area is 94.1 Å².